The van der Waals surface area contributed by atoms with Crippen molar-refractivity contribution in [2.24, 2.45) is 11.3 Å². The van der Waals surface area contributed by atoms with Gasteiger partial charge in [-0.25, -0.2) is 0 Å². The van der Waals surface area contributed by atoms with Gasteiger partial charge in [0.05, 0.1) is 13.2 Å². The second-order valence-corrected chi connectivity index (χ2v) is 6.32. The summed E-state index contributed by atoms with van der Waals surface area (Å²) in [4.78, 5) is 24.8. The lowest BCUT2D eigenvalue weighted by atomic mass is 9.84. The van der Waals surface area contributed by atoms with Gasteiger partial charge >= 0.3 is 11.9 Å². The van der Waals surface area contributed by atoms with E-state index >= 15 is 0 Å². The molecule has 0 aromatic heterocycles. The van der Waals surface area contributed by atoms with Gasteiger partial charge in [0, 0.05) is 0 Å². The highest BCUT2D eigenvalue weighted by Gasteiger charge is 2.53. The number of carbonyl (C=O) groups excluding carboxylic acids is 2. The van der Waals surface area contributed by atoms with Gasteiger partial charge in [0.15, 0.2) is 5.41 Å². The number of rotatable bonds is 6. The van der Waals surface area contributed by atoms with Crippen LogP contribution in [0.15, 0.2) is 24.3 Å². The summed E-state index contributed by atoms with van der Waals surface area (Å²) in [7, 11) is 0. The van der Waals surface area contributed by atoms with Crippen LogP contribution in [-0.4, -0.2) is 25.2 Å². The van der Waals surface area contributed by atoms with E-state index in [0.717, 1.165) is 12.8 Å². The third-order valence-corrected chi connectivity index (χ3v) is 4.59. The van der Waals surface area contributed by atoms with E-state index in [1.807, 2.05) is 0 Å². The first-order chi connectivity index (χ1) is 11.0. The number of hydrogen-bond donors (Lipinski definition) is 0. The first kappa shape index (κ1) is 17.5. The van der Waals surface area contributed by atoms with Gasteiger partial charge in [-0.05, 0) is 57.9 Å². The first-order valence-corrected chi connectivity index (χ1v) is 8.41. The third-order valence-electron chi connectivity index (χ3n) is 4.59. The van der Waals surface area contributed by atoms with Gasteiger partial charge in [0.2, 0.25) is 0 Å². The fraction of sp³-hybridized carbons (Fsp3) is 0.579. The van der Waals surface area contributed by atoms with Crippen LogP contribution in [0.2, 0.25) is 0 Å². The Morgan fingerprint density at radius 3 is 2.17 bits per heavy atom. The zero-order chi connectivity index (χ0) is 16.9. The summed E-state index contributed by atoms with van der Waals surface area (Å²) in [6.45, 7) is 6.14. The van der Waals surface area contributed by atoms with Crippen molar-refractivity contribution in [2.45, 2.75) is 46.5 Å². The van der Waals surface area contributed by atoms with Gasteiger partial charge in [-0.3, -0.25) is 9.59 Å². The van der Waals surface area contributed by atoms with E-state index in [4.69, 9.17) is 9.47 Å². The molecule has 23 heavy (non-hydrogen) atoms. The average Bonchev–Trinajstić information content (AvgIpc) is 2.95. The van der Waals surface area contributed by atoms with E-state index < -0.39 is 17.4 Å². The molecule has 1 aliphatic rings. The molecule has 0 radical (unpaired) electrons. The van der Waals surface area contributed by atoms with Crippen molar-refractivity contribution < 1.29 is 19.1 Å². The van der Waals surface area contributed by atoms with Crippen LogP contribution in [0.5, 0.6) is 0 Å². The molecule has 0 aliphatic heterocycles. The molecule has 1 saturated carbocycles. The van der Waals surface area contributed by atoms with Crippen LogP contribution < -0.4 is 0 Å². The average molecular weight is 318 g/mol. The largest absolute Gasteiger partial charge is 0.465 e. The maximum Gasteiger partial charge on any atom is 0.323 e. The summed E-state index contributed by atoms with van der Waals surface area (Å²) in [6.07, 6.45) is 2.74. The highest BCUT2D eigenvalue weighted by molar-refractivity contribution is 6.00. The second kappa shape index (κ2) is 7.62. The fourth-order valence-electron chi connectivity index (χ4n) is 3.37. The Labute approximate surface area is 138 Å². The molecule has 2 rings (SSSR count). The van der Waals surface area contributed by atoms with Crippen molar-refractivity contribution in [1.82, 2.24) is 0 Å². The van der Waals surface area contributed by atoms with Crippen molar-refractivity contribution in [1.29, 1.82) is 0 Å². The topological polar surface area (TPSA) is 52.6 Å². The molecule has 1 unspecified atom stereocenters. The van der Waals surface area contributed by atoms with Crippen LogP contribution >= 0.6 is 0 Å². The van der Waals surface area contributed by atoms with E-state index in [-0.39, 0.29) is 13.2 Å². The van der Waals surface area contributed by atoms with Gasteiger partial charge in [-0.2, -0.15) is 0 Å². The van der Waals surface area contributed by atoms with Crippen LogP contribution in [-0.2, 0) is 25.5 Å². The summed E-state index contributed by atoms with van der Waals surface area (Å²) in [5.74, 6) is -0.554. The molecule has 0 amide bonds. The smallest absolute Gasteiger partial charge is 0.323 e. The Morgan fingerprint density at radius 2 is 1.65 bits per heavy atom. The minimum atomic E-state index is -1.11. The van der Waals surface area contributed by atoms with Crippen LogP contribution in [0.4, 0.5) is 0 Å². The molecule has 1 fully saturated rings. The lowest BCUT2D eigenvalue weighted by Crippen LogP contribution is -2.40. The van der Waals surface area contributed by atoms with Crippen molar-refractivity contribution in [3.8, 4) is 0 Å². The SMILES string of the molecule is CCOC(=O)C1(C(=O)OCC)CCC(Cc2ccc(C)cc2)C1. The van der Waals surface area contributed by atoms with Gasteiger partial charge in [0.25, 0.3) is 0 Å². The van der Waals surface area contributed by atoms with Crippen LogP contribution in [0.3, 0.4) is 0 Å². The quantitative estimate of drug-likeness (QED) is 0.595. The van der Waals surface area contributed by atoms with Gasteiger partial charge in [0.1, 0.15) is 0 Å². The minimum Gasteiger partial charge on any atom is -0.465 e. The zero-order valence-electron chi connectivity index (χ0n) is 14.3. The van der Waals surface area contributed by atoms with E-state index in [1.165, 1.54) is 11.1 Å². The molecular weight excluding hydrogens is 292 g/mol. The summed E-state index contributed by atoms with van der Waals surface area (Å²) in [5.41, 5.74) is 1.36. The molecule has 0 saturated heterocycles. The third kappa shape index (κ3) is 3.92. The number of ether oxygens (including phenoxy) is 2. The maximum absolute atomic E-state index is 12.4. The first-order valence-electron chi connectivity index (χ1n) is 8.41. The number of carbonyl (C=O) groups is 2. The Balaban J connectivity index is 2.11. The summed E-state index contributed by atoms with van der Waals surface area (Å²) >= 11 is 0. The van der Waals surface area contributed by atoms with E-state index in [9.17, 15) is 9.59 Å². The fourth-order valence-corrected chi connectivity index (χ4v) is 3.37. The summed E-state index contributed by atoms with van der Waals surface area (Å²) < 4.78 is 10.3. The molecule has 1 aromatic rings. The molecule has 0 heterocycles. The molecule has 126 valence electrons. The minimum absolute atomic E-state index is 0.280. The number of benzene rings is 1. The van der Waals surface area contributed by atoms with Crippen molar-refractivity contribution in [3.63, 3.8) is 0 Å². The number of aryl methyl sites for hydroxylation is 1. The molecule has 0 spiro atoms. The van der Waals surface area contributed by atoms with Crippen LogP contribution in [0.1, 0.15) is 44.2 Å². The molecule has 0 N–H and O–H groups in total. The van der Waals surface area contributed by atoms with Crippen LogP contribution in [0.25, 0.3) is 0 Å². The monoisotopic (exact) mass is 318 g/mol. The van der Waals surface area contributed by atoms with Gasteiger partial charge in [-0.1, -0.05) is 29.8 Å². The molecule has 1 aromatic carbocycles. The van der Waals surface area contributed by atoms with E-state index in [2.05, 4.69) is 31.2 Å². The number of esters is 2. The standard InChI is InChI=1S/C19H26O4/c1-4-22-17(20)19(18(21)23-5-2)11-10-16(13-19)12-15-8-6-14(3)7-9-15/h6-9,16H,4-5,10-13H2,1-3H3. The highest BCUT2D eigenvalue weighted by atomic mass is 16.6. The van der Waals surface area contributed by atoms with Crippen molar-refractivity contribution in [2.75, 3.05) is 13.2 Å². The van der Waals surface area contributed by atoms with E-state index in [1.54, 1.807) is 13.8 Å². The van der Waals surface area contributed by atoms with Gasteiger partial charge in [-0.15, -0.1) is 0 Å². The lowest BCUT2D eigenvalue weighted by molar-refractivity contribution is -0.171. The Hall–Kier alpha value is -1.84. The Kier molecular flexibility index (Phi) is 5.80. The predicted molar refractivity (Wildman–Crippen MR) is 87.9 cm³/mol. The summed E-state index contributed by atoms with van der Waals surface area (Å²) in [6, 6.07) is 8.41. The Bertz CT molecular complexity index is 529. The lowest BCUT2D eigenvalue weighted by Gasteiger charge is -2.24. The molecule has 4 nitrogen and oxygen atoms in total. The maximum atomic E-state index is 12.4. The predicted octanol–water partition coefficient (Wildman–Crippen LogP) is 3.45. The molecular formula is C19H26O4. The molecule has 1 aliphatic carbocycles. The molecule has 0 bridgehead atoms. The number of hydrogen-bond acceptors (Lipinski definition) is 4. The second-order valence-electron chi connectivity index (χ2n) is 6.32. The van der Waals surface area contributed by atoms with Crippen molar-refractivity contribution in [3.05, 3.63) is 35.4 Å². The highest BCUT2D eigenvalue weighted by Crippen LogP contribution is 2.45. The molecule has 4 heteroatoms. The van der Waals surface area contributed by atoms with Crippen molar-refractivity contribution >= 4 is 11.9 Å². The van der Waals surface area contributed by atoms with Gasteiger partial charge < -0.3 is 9.47 Å². The summed E-state index contributed by atoms with van der Waals surface area (Å²) in [5, 5.41) is 0. The van der Waals surface area contributed by atoms with Crippen LogP contribution in [0, 0.1) is 18.3 Å². The normalized spacial score (nSPS) is 19.3. The Morgan fingerprint density at radius 1 is 1.09 bits per heavy atom. The molecule has 1 atom stereocenters. The zero-order valence-corrected chi connectivity index (χ0v) is 14.3. The van der Waals surface area contributed by atoms with E-state index in [0.29, 0.717) is 18.8 Å².